The molecular formula is C18H20. The van der Waals surface area contributed by atoms with E-state index in [-0.39, 0.29) is 0 Å². The zero-order valence-electron chi connectivity index (χ0n) is 11.6. The summed E-state index contributed by atoms with van der Waals surface area (Å²) in [6.45, 7) is 8.28. The highest BCUT2D eigenvalue weighted by Crippen LogP contribution is 2.26. The first kappa shape index (κ1) is 12.6. The fraction of sp³-hybridized carbons (Fsp3) is 0.222. The Morgan fingerprint density at radius 1 is 0.556 bits per heavy atom. The van der Waals surface area contributed by atoms with Crippen molar-refractivity contribution in [3.8, 4) is 0 Å². The van der Waals surface area contributed by atoms with Crippen LogP contribution in [0.15, 0.2) is 48.5 Å². The van der Waals surface area contributed by atoms with E-state index in [9.17, 15) is 0 Å². The fourth-order valence-electron chi connectivity index (χ4n) is 2.31. The van der Waals surface area contributed by atoms with E-state index in [1.165, 1.54) is 32.7 Å². The average Bonchev–Trinajstić information content (AvgIpc) is 2.40. The molecule has 0 radical (unpaired) electrons. The van der Waals surface area contributed by atoms with Gasteiger partial charge in [0.2, 0.25) is 0 Å². The lowest BCUT2D eigenvalue weighted by Crippen LogP contribution is -1.80. The second-order valence-corrected chi connectivity index (χ2v) is 4.51. The Bertz CT molecular complexity index is 617. The Labute approximate surface area is 109 Å². The van der Waals surface area contributed by atoms with Crippen molar-refractivity contribution < 1.29 is 0 Å². The van der Waals surface area contributed by atoms with Gasteiger partial charge in [0.15, 0.2) is 0 Å². The van der Waals surface area contributed by atoms with Crippen LogP contribution in [0, 0.1) is 13.8 Å². The molecule has 18 heavy (non-hydrogen) atoms. The van der Waals surface area contributed by atoms with E-state index < -0.39 is 0 Å². The van der Waals surface area contributed by atoms with Crippen molar-refractivity contribution in [1.82, 2.24) is 0 Å². The minimum absolute atomic E-state index is 1.32. The Hall–Kier alpha value is -1.82. The fourth-order valence-corrected chi connectivity index (χ4v) is 2.31. The molecule has 92 valence electrons. The second kappa shape index (κ2) is 5.22. The summed E-state index contributed by atoms with van der Waals surface area (Å²) in [5.74, 6) is 0. The van der Waals surface area contributed by atoms with Crippen LogP contribution in [0.2, 0.25) is 0 Å². The van der Waals surface area contributed by atoms with Crippen molar-refractivity contribution in [1.29, 1.82) is 0 Å². The number of fused-ring (bicyclic) bond motifs is 3. The molecule has 0 aliphatic heterocycles. The largest absolute Gasteiger partial charge is 0.0683 e. The van der Waals surface area contributed by atoms with Gasteiger partial charge in [-0.3, -0.25) is 0 Å². The summed E-state index contributed by atoms with van der Waals surface area (Å²) in [6, 6.07) is 17.7. The van der Waals surface area contributed by atoms with Crippen molar-refractivity contribution in [3.63, 3.8) is 0 Å². The summed E-state index contributed by atoms with van der Waals surface area (Å²) in [5.41, 5.74) is 2.64. The quantitative estimate of drug-likeness (QED) is 0.443. The minimum Gasteiger partial charge on any atom is -0.0683 e. The van der Waals surface area contributed by atoms with Crippen LogP contribution in [-0.2, 0) is 0 Å². The maximum atomic E-state index is 2.24. The lowest BCUT2D eigenvalue weighted by Gasteiger charge is -2.05. The van der Waals surface area contributed by atoms with E-state index >= 15 is 0 Å². The smallest absolute Gasteiger partial charge is 0.0105 e. The molecule has 0 aromatic heterocycles. The molecule has 0 N–H and O–H groups in total. The summed E-state index contributed by atoms with van der Waals surface area (Å²) in [4.78, 5) is 0. The third-order valence-corrected chi connectivity index (χ3v) is 3.15. The summed E-state index contributed by atoms with van der Waals surface area (Å²) >= 11 is 0. The topological polar surface area (TPSA) is 0 Å². The van der Waals surface area contributed by atoms with E-state index in [0.717, 1.165) is 0 Å². The van der Waals surface area contributed by atoms with Gasteiger partial charge in [-0.15, -0.1) is 0 Å². The number of aryl methyl sites for hydroxylation is 2. The zero-order chi connectivity index (χ0) is 13.1. The standard InChI is InChI=1S/C16H14.C2H6/c1-11-3-7-15-13(9-11)5-6-14-10-12(2)4-8-16(14)15;1-2/h3-10H,1-2H3;1-2H3. The summed E-state index contributed by atoms with van der Waals surface area (Å²) in [6.07, 6.45) is 0. The lowest BCUT2D eigenvalue weighted by molar-refractivity contribution is 1.50. The van der Waals surface area contributed by atoms with Gasteiger partial charge in [0.05, 0.1) is 0 Å². The van der Waals surface area contributed by atoms with E-state index in [1.54, 1.807) is 0 Å². The van der Waals surface area contributed by atoms with Crippen molar-refractivity contribution in [3.05, 3.63) is 59.7 Å². The highest BCUT2D eigenvalue weighted by atomic mass is 14.0. The molecule has 0 aliphatic rings. The van der Waals surface area contributed by atoms with Crippen molar-refractivity contribution in [2.24, 2.45) is 0 Å². The van der Waals surface area contributed by atoms with Gasteiger partial charge in [0, 0.05) is 0 Å². The molecule has 3 rings (SSSR count). The van der Waals surface area contributed by atoms with Crippen LogP contribution in [0.3, 0.4) is 0 Å². The van der Waals surface area contributed by atoms with Crippen molar-refractivity contribution in [2.45, 2.75) is 27.7 Å². The van der Waals surface area contributed by atoms with Crippen LogP contribution in [0.1, 0.15) is 25.0 Å². The molecule has 0 bridgehead atoms. The van der Waals surface area contributed by atoms with Crippen LogP contribution < -0.4 is 0 Å². The Morgan fingerprint density at radius 2 is 0.944 bits per heavy atom. The first-order valence-corrected chi connectivity index (χ1v) is 6.64. The number of benzene rings is 3. The van der Waals surface area contributed by atoms with E-state index in [4.69, 9.17) is 0 Å². The maximum Gasteiger partial charge on any atom is -0.0105 e. The van der Waals surface area contributed by atoms with Gasteiger partial charge in [-0.1, -0.05) is 73.5 Å². The molecular weight excluding hydrogens is 216 g/mol. The predicted octanol–water partition coefficient (Wildman–Crippen LogP) is 5.64. The molecule has 0 saturated heterocycles. The highest BCUT2D eigenvalue weighted by Gasteiger charge is 2.00. The minimum atomic E-state index is 1.32. The van der Waals surface area contributed by atoms with E-state index in [0.29, 0.717) is 0 Å². The molecule has 0 saturated carbocycles. The average molecular weight is 236 g/mol. The molecule has 0 spiro atoms. The summed E-state index contributed by atoms with van der Waals surface area (Å²) in [5, 5.41) is 5.36. The normalized spacial score (nSPS) is 10.2. The Balaban J connectivity index is 0.000000574. The van der Waals surface area contributed by atoms with Gasteiger partial charge in [-0.05, 0) is 35.4 Å². The molecule has 0 unspecified atom stereocenters. The van der Waals surface area contributed by atoms with E-state index in [2.05, 4.69) is 62.4 Å². The van der Waals surface area contributed by atoms with Crippen LogP contribution in [0.5, 0.6) is 0 Å². The predicted molar refractivity (Wildman–Crippen MR) is 82.3 cm³/mol. The molecule has 0 fully saturated rings. The first-order valence-electron chi connectivity index (χ1n) is 6.64. The molecule has 0 heterocycles. The molecule has 3 aromatic rings. The summed E-state index contributed by atoms with van der Waals surface area (Å²) < 4.78 is 0. The molecule has 3 aromatic carbocycles. The maximum absolute atomic E-state index is 2.24. The van der Waals surface area contributed by atoms with Crippen molar-refractivity contribution in [2.75, 3.05) is 0 Å². The van der Waals surface area contributed by atoms with Gasteiger partial charge in [-0.2, -0.15) is 0 Å². The zero-order valence-corrected chi connectivity index (χ0v) is 11.6. The second-order valence-electron chi connectivity index (χ2n) is 4.51. The van der Waals surface area contributed by atoms with Crippen LogP contribution in [0.25, 0.3) is 21.5 Å². The highest BCUT2D eigenvalue weighted by molar-refractivity contribution is 6.07. The molecule has 0 aliphatic carbocycles. The number of rotatable bonds is 0. The van der Waals surface area contributed by atoms with Crippen LogP contribution >= 0.6 is 0 Å². The first-order chi connectivity index (χ1) is 8.74. The lowest BCUT2D eigenvalue weighted by atomic mass is 9.99. The van der Waals surface area contributed by atoms with E-state index in [1.807, 2.05) is 13.8 Å². The van der Waals surface area contributed by atoms with Gasteiger partial charge in [0.25, 0.3) is 0 Å². The van der Waals surface area contributed by atoms with Gasteiger partial charge in [-0.25, -0.2) is 0 Å². The monoisotopic (exact) mass is 236 g/mol. The number of hydrogen-bond donors (Lipinski definition) is 0. The van der Waals surface area contributed by atoms with Crippen LogP contribution in [0.4, 0.5) is 0 Å². The summed E-state index contributed by atoms with van der Waals surface area (Å²) in [7, 11) is 0. The molecule has 0 nitrogen and oxygen atoms in total. The molecule has 0 atom stereocenters. The number of hydrogen-bond acceptors (Lipinski definition) is 0. The van der Waals surface area contributed by atoms with Gasteiger partial charge in [0.1, 0.15) is 0 Å². The third kappa shape index (κ3) is 2.24. The van der Waals surface area contributed by atoms with Gasteiger partial charge < -0.3 is 0 Å². The van der Waals surface area contributed by atoms with Crippen molar-refractivity contribution >= 4 is 21.5 Å². The molecule has 0 heteroatoms. The molecule has 0 amide bonds. The Morgan fingerprint density at radius 3 is 1.33 bits per heavy atom. The Kier molecular flexibility index (Phi) is 3.66. The third-order valence-electron chi connectivity index (χ3n) is 3.15. The van der Waals surface area contributed by atoms with Crippen LogP contribution in [-0.4, -0.2) is 0 Å². The van der Waals surface area contributed by atoms with Gasteiger partial charge >= 0.3 is 0 Å². The SMILES string of the molecule is CC.Cc1ccc2c(ccc3cc(C)ccc32)c1.